The molecule has 2 saturated carbocycles. The molecule has 0 unspecified atom stereocenters. The van der Waals surface area contributed by atoms with Crippen LogP contribution in [0.25, 0.3) is 0 Å². The van der Waals surface area contributed by atoms with Crippen molar-refractivity contribution in [2.75, 3.05) is 0 Å². The molecule has 0 aromatic carbocycles. The van der Waals surface area contributed by atoms with Crippen LogP contribution in [-0.4, -0.2) is 11.2 Å². The van der Waals surface area contributed by atoms with Crippen LogP contribution in [0.15, 0.2) is 34.4 Å². The molecule has 4 aliphatic rings. The first-order valence-corrected chi connectivity index (χ1v) is 12.0. The van der Waals surface area contributed by atoms with Crippen molar-refractivity contribution in [2.45, 2.75) is 105 Å². The maximum Gasteiger partial charge on any atom is 0.0578 e. The minimum atomic E-state index is -0.104. The molecule has 0 heterocycles. The molecule has 2 fully saturated rings. The third kappa shape index (κ3) is 3.26. The van der Waals surface area contributed by atoms with E-state index in [2.05, 4.69) is 46.8 Å². The summed E-state index contributed by atoms with van der Waals surface area (Å²) in [5, 5.41) is 10.2. The number of rotatable bonds is 4. The summed E-state index contributed by atoms with van der Waals surface area (Å²) >= 11 is 0. The molecule has 0 amide bonds. The van der Waals surface area contributed by atoms with Crippen LogP contribution in [0, 0.1) is 28.6 Å². The zero-order valence-electron chi connectivity index (χ0n) is 19.0. The van der Waals surface area contributed by atoms with E-state index in [0.717, 1.165) is 37.0 Å². The number of aliphatic hydroxyl groups is 1. The van der Waals surface area contributed by atoms with Crippen molar-refractivity contribution < 1.29 is 5.11 Å². The van der Waals surface area contributed by atoms with Gasteiger partial charge in [-0.05, 0) is 101 Å². The zero-order valence-corrected chi connectivity index (χ0v) is 19.0. The van der Waals surface area contributed by atoms with E-state index in [1.54, 1.807) is 11.1 Å². The molecule has 0 saturated heterocycles. The molecular weight excluding hydrogens is 340 g/mol. The van der Waals surface area contributed by atoms with Gasteiger partial charge in [0.15, 0.2) is 0 Å². The summed E-state index contributed by atoms with van der Waals surface area (Å²) in [6, 6.07) is 0. The van der Waals surface area contributed by atoms with Gasteiger partial charge in [-0.1, -0.05) is 55.2 Å². The van der Waals surface area contributed by atoms with Crippen LogP contribution in [0.4, 0.5) is 0 Å². The molecule has 156 valence electrons. The van der Waals surface area contributed by atoms with E-state index in [0.29, 0.717) is 5.41 Å². The van der Waals surface area contributed by atoms with Crippen molar-refractivity contribution in [1.29, 1.82) is 0 Å². The number of hydrogen-bond donors (Lipinski definition) is 1. The van der Waals surface area contributed by atoms with Crippen LogP contribution in [0.2, 0.25) is 0 Å². The molecule has 1 N–H and O–H groups in total. The van der Waals surface area contributed by atoms with Gasteiger partial charge in [0.1, 0.15) is 0 Å². The lowest BCUT2D eigenvalue weighted by atomic mass is 9.53. The molecule has 0 radical (unpaired) electrons. The Kier molecular flexibility index (Phi) is 5.45. The molecule has 0 aliphatic heterocycles. The van der Waals surface area contributed by atoms with Crippen LogP contribution >= 0.6 is 0 Å². The molecule has 0 aromatic heterocycles. The topological polar surface area (TPSA) is 20.2 Å². The number of hydrogen-bond acceptors (Lipinski definition) is 1. The molecule has 28 heavy (non-hydrogen) atoms. The van der Waals surface area contributed by atoms with Crippen molar-refractivity contribution in [3.63, 3.8) is 0 Å². The highest BCUT2D eigenvalue weighted by molar-refractivity contribution is 5.43. The summed E-state index contributed by atoms with van der Waals surface area (Å²) in [6.45, 7) is 12.1. The van der Waals surface area contributed by atoms with Crippen molar-refractivity contribution in [3.8, 4) is 0 Å². The second-order valence-electron chi connectivity index (χ2n) is 11.2. The van der Waals surface area contributed by atoms with E-state index in [1.165, 1.54) is 50.5 Å². The van der Waals surface area contributed by atoms with Crippen LogP contribution < -0.4 is 0 Å². The molecule has 4 rings (SSSR count). The quantitative estimate of drug-likeness (QED) is 0.503. The summed E-state index contributed by atoms with van der Waals surface area (Å²) < 4.78 is 0. The highest BCUT2D eigenvalue weighted by Crippen LogP contribution is 2.64. The number of fused-ring (bicyclic) bond motifs is 4. The first-order chi connectivity index (χ1) is 13.3. The maximum absolute atomic E-state index is 10.2. The third-order valence-corrected chi connectivity index (χ3v) is 9.37. The first kappa shape index (κ1) is 20.5. The molecular formula is C27H42O. The molecule has 1 heteroatoms. The monoisotopic (exact) mass is 382 g/mol. The van der Waals surface area contributed by atoms with E-state index in [-0.39, 0.29) is 11.5 Å². The third-order valence-electron chi connectivity index (χ3n) is 9.37. The Morgan fingerprint density at radius 1 is 1.21 bits per heavy atom. The van der Waals surface area contributed by atoms with E-state index in [4.69, 9.17) is 0 Å². The minimum Gasteiger partial charge on any atom is -0.393 e. The summed E-state index contributed by atoms with van der Waals surface area (Å²) in [7, 11) is 0. The van der Waals surface area contributed by atoms with E-state index in [1.807, 2.05) is 5.57 Å². The minimum absolute atomic E-state index is 0.104. The highest BCUT2D eigenvalue weighted by Gasteiger charge is 2.54. The van der Waals surface area contributed by atoms with E-state index >= 15 is 0 Å². The van der Waals surface area contributed by atoms with Gasteiger partial charge in [-0.3, -0.25) is 0 Å². The fourth-order valence-electron chi connectivity index (χ4n) is 7.71. The average molecular weight is 383 g/mol. The van der Waals surface area contributed by atoms with Gasteiger partial charge in [-0.2, -0.15) is 0 Å². The Bertz CT molecular complexity index is 706. The van der Waals surface area contributed by atoms with Gasteiger partial charge in [0.25, 0.3) is 0 Å². The lowest BCUT2D eigenvalue weighted by Crippen LogP contribution is -2.41. The Balaban J connectivity index is 1.55. The summed E-state index contributed by atoms with van der Waals surface area (Å²) in [5.74, 6) is 2.54. The van der Waals surface area contributed by atoms with Crippen LogP contribution in [-0.2, 0) is 0 Å². The largest absolute Gasteiger partial charge is 0.393 e. The standard InChI is InChI=1S/C27H42O/c1-18(2)7-6-8-19(3)23-11-12-24-22-10-9-20-17-21(28)13-15-26(20,4)25(22)14-16-27(23,24)5/h7,9,19,21,23-24,28H,6,8,10-17H2,1-5H3/t19-,21+,23-,24+,26+,27-/m1/s1. The second kappa shape index (κ2) is 7.46. The van der Waals surface area contributed by atoms with Crippen LogP contribution in [0.3, 0.4) is 0 Å². The van der Waals surface area contributed by atoms with Crippen LogP contribution in [0.1, 0.15) is 98.8 Å². The summed E-state index contributed by atoms with van der Waals surface area (Å²) in [5.41, 5.74) is 7.43. The van der Waals surface area contributed by atoms with Crippen molar-refractivity contribution in [1.82, 2.24) is 0 Å². The zero-order chi connectivity index (χ0) is 20.1. The van der Waals surface area contributed by atoms with E-state index in [9.17, 15) is 5.11 Å². The summed E-state index contributed by atoms with van der Waals surface area (Å²) in [6.07, 6.45) is 17.2. The Hall–Kier alpha value is -0.820. The first-order valence-electron chi connectivity index (χ1n) is 12.0. The van der Waals surface area contributed by atoms with Crippen molar-refractivity contribution in [2.24, 2.45) is 28.6 Å². The predicted octanol–water partition coefficient (Wildman–Crippen LogP) is 7.37. The Morgan fingerprint density at radius 2 is 2.00 bits per heavy atom. The fraction of sp³-hybridized carbons (Fsp3) is 0.778. The van der Waals surface area contributed by atoms with Gasteiger partial charge in [0.2, 0.25) is 0 Å². The molecule has 1 nitrogen and oxygen atoms in total. The van der Waals surface area contributed by atoms with E-state index < -0.39 is 0 Å². The molecule has 6 atom stereocenters. The average Bonchev–Trinajstić information content (AvgIpc) is 2.99. The molecule has 0 bridgehead atoms. The Labute approximate surface area is 173 Å². The van der Waals surface area contributed by atoms with Gasteiger partial charge in [-0.25, -0.2) is 0 Å². The fourth-order valence-corrected chi connectivity index (χ4v) is 7.71. The normalized spacial score (nSPS) is 40.9. The highest BCUT2D eigenvalue weighted by atomic mass is 16.3. The number of aliphatic hydroxyl groups excluding tert-OH is 1. The Morgan fingerprint density at radius 3 is 2.75 bits per heavy atom. The number of allylic oxidation sites excluding steroid dienone is 5. The predicted molar refractivity (Wildman–Crippen MR) is 119 cm³/mol. The second-order valence-corrected chi connectivity index (χ2v) is 11.2. The van der Waals surface area contributed by atoms with Crippen molar-refractivity contribution in [3.05, 3.63) is 34.4 Å². The lowest BCUT2D eigenvalue weighted by Gasteiger charge is -2.52. The summed E-state index contributed by atoms with van der Waals surface area (Å²) in [4.78, 5) is 0. The smallest absolute Gasteiger partial charge is 0.0578 e. The SMILES string of the molecule is CC(C)=CCC[C@@H](C)[C@H]1CC[C@H]2C3=C(CC[C@]12C)[C@@]1(C)CC[C@H](O)CC1=CC3. The lowest BCUT2D eigenvalue weighted by molar-refractivity contribution is 0.0875. The molecule has 0 spiro atoms. The van der Waals surface area contributed by atoms with Gasteiger partial charge in [0.05, 0.1) is 6.10 Å². The van der Waals surface area contributed by atoms with Gasteiger partial charge in [-0.15, -0.1) is 0 Å². The van der Waals surface area contributed by atoms with Crippen LogP contribution in [0.5, 0.6) is 0 Å². The molecule has 4 aliphatic carbocycles. The van der Waals surface area contributed by atoms with Gasteiger partial charge < -0.3 is 5.11 Å². The van der Waals surface area contributed by atoms with Crippen molar-refractivity contribution >= 4 is 0 Å². The van der Waals surface area contributed by atoms with Gasteiger partial charge >= 0.3 is 0 Å². The van der Waals surface area contributed by atoms with Gasteiger partial charge in [0, 0.05) is 5.41 Å². The molecule has 0 aromatic rings. The maximum atomic E-state index is 10.2.